The SMILES string of the molecule is CCCn1c(NCCc2ccccc2)nc2c1c(=O)n(C)c(=O)n2C. The highest BCUT2D eigenvalue weighted by atomic mass is 16.2. The molecule has 3 aromatic rings. The summed E-state index contributed by atoms with van der Waals surface area (Å²) >= 11 is 0. The fraction of sp³-hybridized carbons (Fsp3) is 0.389. The summed E-state index contributed by atoms with van der Waals surface area (Å²) in [5, 5.41) is 3.32. The second-order valence-electron chi connectivity index (χ2n) is 6.13. The minimum absolute atomic E-state index is 0.310. The van der Waals surface area contributed by atoms with E-state index in [2.05, 4.69) is 22.4 Å². The van der Waals surface area contributed by atoms with Crippen LogP contribution in [0.1, 0.15) is 18.9 Å². The molecule has 3 rings (SSSR count). The van der Waals surface area contributed by atoms with Crippen LogP contribution in [0.2, 0.25) is 0 Å². The van der Waals surface area contributed by atoms with Crippen molar-refractivity contribution in [2.24, 2.45) is 14.1 Å². The zero-order valence-electron chi connectivity index (χ0n) is 14.8. The molecule has 0 bridgehead atoms. The quantitative estimate of drug-likeness (QED) is 0.737. The standard InChI is InChI=1S/C18H23N5O2/c1-4-12-23-14-15(21(2)18(25)22(3)16(14)24)20-17(23)19-11-10-13-8-6-5-7-9-13/h5-9H,4,10-12H2,1-3H3,(H,19,20). The number of anilines is 1. The Kier molecular flexibility index (Phi) is 4.74. The van der Waals surface area contributed by atoms with Crippen molar-refractivity contribution in [1.29, 1.82) is 0 Å². The Bertz CT molecular complexity index is 998. The van der Waals surface area contributed by atoms with E-state index in [0.717, 1.165) is 17.4 Å². The van der Waals surface area contributed by atoms with Crippen molar-refractivity contribution >= 4 is 17.1 Å². The number of hydrogen-bond donors (Lipinski definition) is 1. The normalized spacial score (nSPS) is 11.2. The average molecular weight is 341 g/mol. The molecule has 0 radical (unpaired) electrons. The molecule has 0 aliphatic rings. The van der Waals surface area contributed by atoms with Crippen molar-refractivity contribution in [2.45, 2.75) is 26.3 Å². The van der Waals surface area contributed by atoms with Crippen LogP contribution in [0.5, 0.6) is 0 Å². The van der Waals surface area contributed by atoms with E-state index in [0.29, 0.717) is 30.2 Å². The Hall–Kier alpha value is -2.83. The predicted molar refractivity (Wildman–Crippen MR) is 99.1 cm³/mol. The molecule has 0 unspecified atom stereocenters. The van der Waals surface area contributed by atoms with Gasteiger partial charge in [0, 0.05) is 27.2 Å². The van der Waals surface area contributed by atoms with Gasteiger partial charge in [0.25, 0.3) is 5.56 Å². The maximum Gasteiger partial charge on any atom is 0.332 e. The van der Waals surface area contributed by atoms with Gasteiger partial charge in [0.05, 0.1) is 0 Å². The molecule has 0 aliphatic carbocycles. The van der Waals surface area contributed by atoms with Crippen molar-refractivity contribution in [3.63, 3.8) is 0 Å². The Labute approximate surface area is 145 Å². The van der Waals surface area contributed by atoms with Gasteiger partial charge >= 0.3 is 5.69 Å². The van der Waals surface area contributed by atoms with Crippen LogP contribution in [0.3, 0.4) is 0 Å². The molecule has 25 heavy (non-hydrogen) atoms. The second-order valence-corrected chi connectivity index (χ2v) is 6.13. The first-order valence-electron chi connectivity index (χ1n) is 8.48. The lowest BCUT2D eigenvalue weighted by Gasteiger charge is -2.10. The summed E-state index contributed by atoms with van der Waals surface area (Å²) in [5.74, 6) is 0.631. The summed E-state index contributed by atoms with van der Waals surface area (Å²) in [5.41, 5.74) is 1.44. The number of aromatic nitrogens is 4. The van der Waals surface area contributed by atoms with Crippen LogP contribution in [0, 0.1) is 0 Å². The van der Waals surface area contributed by atoms with Crippen LogP contribution in [-0.2, 0) is 27.1 Å². The van der Waals surface area contributed by atoms with Crippen molar-refractivity contribution < 1.29 is 0 Å². The summed E-state index contributed by atoms with van der Waals surface area (Å²) in [6, 6.07) is 10.2. The van der Waals surface area contributed by atoms with Gasteiger partial charge in [-0.05, 0) is 18.4 Å². The number of rotatable bonds is 6. The fourth-order valence-corrected chi connectivity index (χ4v) is 2.99. The Morgan fingerprint density at radius 1 is 1.08 bits per heavy atom. The molecule has 0 amide bonds. The summed E-state index contributed by atoms with van der Waals surface area (Å²) < 4.78 is 4.43. The molecule has 1 N–H and O–H groups in total. The van der Waals surface area contributed by atoms with Gasteiger partial charge in [0.15, 0.2) is 11.2 Å². The van der Waals surface area contributed by atoms with Crippen LogP contribution in [0.15, 0.2) is 39.9 Å². The molecule has 132 valence electrons. The first-order valence-corrected chi connectivity index (χ1v) is 8.48. The topological polar surface area (TPSA) is 73.8 Å². The monoisotopic (exact) mass is 341 g/mol. The van der Waals surface area contributed by atoms with Crippen molar-refractivity contribution in [3.05, 3.63) is 56.7 Å². The molecule has 1 aromatic carbocycles. The third-order valence-corrected chi connectivity index (χ3v) is 4.33. The summed E-state index contributed by atoms with van der Waals surface area (Å²) in [7, 11) is 3.14. The molecule has 0 atom stereocenters. The lowest BCUT2D eigenvalue weighted by atomic mass is 10.1. The van der Waals surface area contributed by atoms with Gasteiger partial charge in [-0.15, -0.1) is 0 Å². The van der Waals surface area contributed by atoms with Crippen LogP contribution >= 0.6 is 0 Å². The number of imidazole rings is 1. The molecule has 7 nitrogen and oxygen atoms in total. The van der Waals surface area contributed by atoms with Gasteiger partial charge in [0.2, 0.25) is 5.95 Å². The van der Waals surface area contributed by atoms with E-state index in [9.17, 15) is 9.59 Å². The maximum atomic E-state index is 12.6. The molecule has 2 aromatic heterocycles. The number of aryl methyl sites for hydroxylation is 2. The molecule has 0 spiro atoms. The van der Waals surface area contributed by atoms with Crippen molar-refractivity contribution in [3.8, 4) is 0 Å². The summed E-state index contributed by atoms with van der Waals surface area (Å²) in [6.07, 6.45) is 1.72. The molecular weight excluding hydrogens is 318 g/mol. The zero-order valence-corrected chi connectivity index (χ0v) is 14.8. The highest BCUT2D eigenvalue weighted by molar-refractivity contribution is 5.74. The summed E-state index contributed by atoms with van der Waals surface area (Å²) in [4.78, 5) is 29.2. The number of nitrogens with zero attached hydrogens (tertiary/aromatic N) is 4. The second kappa shape index (κ2) is 6.96. The molecule has 0 fully saturated rings. The third kappa shape index (κ3) is 3.09. The van der Waals surface area contributed by atoms with E-state index in [1.54, 1.807) is 7.05 Å². The number of fused-ring (bicyclic) bond motifs is 1. The van der Waals surface area contributed by atoms with E-state index in [-0.39, 0.29) is 11.2 Å². The molecule has 2 heterocycles. The van der Waals surface area contributed by atoms with Crippen LogP contribution in [0.25, 0.3) is 11.2 Å². The lowest BCUT2D eigenvalue weighted by molar-refractivity contribution is 0.678. The van der Waals surface area contributed by atoms with Crippen LogP contribution in [0.4, 0.5) is 5.95 Å². The highest BCUT2D eigenvalue weighted by Crippen LogP contribution is 2.16. The van der Waals surface area contributed by atoms with Gasteiger partial charge in [-0.3, -0.25) is 13.9 Å². The van der Waals surface area contributed by atoms with E-state index in [4.69, 9.17) is 0 Å². The van der Waals surface area contributed by atoms with Gasteiger partial charge < -0.3 is 9.88 Å². The first kappa shape index (κ1) is 17.0. The first-order chi connectivity index (χ1) is 12.0. The minimum Gasteiger partial charge on any atom is -0.355 e. The van der Waals surface area contributed by atoms with Crippen molar-refractivity contribution in [2.75, 3.05) is 11.9 Å². The third-order valence-electron chi connectivity index (χ3n) is 4.33. The number of benzene rings is 1. The lowest BCUT2D eigenvalue weighted by Crippen LogP contribution is -2.37. The Balaban J connectivity index is 1.98. The van der Waals surface area contributed by atoms with E-state index in [1.165, 1.54) is 17.2 Å². The summed E-state index contributed by atoms with van der Waals surface area (Å²) in [6.45, 7) is 3.41. The van der Waals surface area contributed by atoms with E-state index < -0.39 is 0 Å². The number of nitrogens with one attached hydrogen (secondary N) is 1. The largest absolute Gasteiger partial charge is 0.355 e. The molecular formula is C18H23N5O2. The molecule has 0 aliphatic heterocycles. The average Bonchev–Trinajstić information content (AvgIpc) is 2.98. The Morgan fingerprint density at radius 3 is 2.48 bits per heavy atom. The Morgan fingerprint density at radius 2 is 1.80 bits per heavy atom. The van der Waals surface area contributed by atoms with Crippen LogP contribution in [-0.4, -0.2) is 25.2 Å². The molecule has 0 saturated heterocycles. The van der Waals surface area contributed by atoms with Gasteiger partial charge in [0.1, 0.15) is 0 Å². The van der Waals surface area contributed by atoms with Crippen molar-refractivity contribution in [1.82, 2.24) is 18.7 Å². The smallest absolute Gasteiger partial charge is 0.332 e. The van der Waals surface area contributed by atoms with Crippen LogP contribution < -0.4 is 16.6 Å². The maximum absolute atomic E-state index is 12.6. The predicted octanol–water partition coefficient (Wildman–Crippen LogP) is 1.50. The fourth-order valence-electron chi connectivity index (χ4n) is 2.99. The highest BCUT2D eigenvalue weighted by Gasteiger charge is 2.18. The molecule has 0 saturated carbocycles. The number of hydrogen-bond acceptors (Lipinski definition) is 4. The van der Waals surface area contributed by atoms with Gasteiger partial charge in [-0.25, -0.2) is 4.79 Å². The minimum atomic E-state index is -0.366. The van der Waals surface area contributed by atoms with Gasteiger partial charge in [-0.2, -0.15) is 4.98 Å². The molecule has 7 heteroatoms. The van der Waals surface area contributed by atoms with E-state index >= 15 is 0 Å². The zero-order chi connectivity index (χ0) is 18.0. The van der Waals surface area contributed by atoms with Gasteiger partial charge in [-0.1, -0.05) is 37.3 Å². The van der Waals surface area contributed by atoms with E-state index in [1.807, 2.05) is 29.7 Å².